The van der Waals surface area contributed by atoms with Gasteiger partial charge in [0.15, 0.2) is 0 Å². The molecule has 0 saturated carbocycles. The second-order valence-electron chi connectivity index (χ2n) is 3.38. The molecular formula is C9H18Cl2O. The maximum absolute atomic E-state index is 5.80. The number of hydrogen-bond acceptors (Lipinski definition) is 1. The lowest BCUT2D eigenvalue weighted by molar-refractivity contribution is 0.135. The van der Waals surface area contributed by atoms with Crippen molar-refractivity contribution in [3.8, 4) is 0 Å². The second-order valence-corrected chi connectivity index (χ2v) is 3.91. The molecule has 0 heterocycles. The minimum atomic E-state index is 0.0835. The van der Waals surface area contributed by atoms with Gasteiger partial charge >= 0.3 is 0 Å². The predicted molar refractivity (Wildman–Crippen MR) is 55.3 cm³/mol. The van der Waals surface area contributed by atoms with Crippen molar-refractivity contribution in [3.05, 3.63) is 0 Å². The van der Waals surface area contributed by atoms with E-state index >= 15 is 0 Å². The number of ether oxygens (including phenoxy) is 1. The van der Waals surface area contributed by atoms with Crippen molar-refractivity contribution < 1.29 is 4.74 Å². The van der Waals surface area contributed by atoms with Crippen LogP contribution >= 0.6 is 23.2 Å². The van der Waals surface area contributed by atoms with Crippen LogP contribution in [0, 0.1) is 5.41 Å². The van der Waals surface area contributed by atoms with Crippen molar-refractivity contribution in [1.82, 2.24) is 0 Å². The molecule has 0 amide bonds. The van der Waals surface area contributed by atoms with Crippen LogP contribution in [0.15, 0.2) is 0 Å². The van der Waals surface area contributed by atoms with Gasteiger partial charge in [0.25, 0.3) is 0 Å². The summed E-state index contributed by atoms with van der Waals surface area (Å²) in [6.45, 7) is 5.72. The highest BCUT2D eigenvalue weighted by Gasteiger charge is 2.21. The molecule has 0 aromatic carbocycles. The minimum Gasteiger partial charge on any atom is -0.382 e. The first-order valence-electron chi connectivity index (χ1n) is 4.38. The molecule has 0 rings (SSSR count). The summed E-state index contributed by atoms with van der Waals surface area (Å²) in [6.07, 6.45) is 2.09. The van der Waals surface area contributed by atoms with Gasteiger partial charge < -0.3 is 4.74 Å². The summed E-state index contributed by atoms with van der Waals surface area (Å²) < 4.78 is 5.23. The fraction of sp³-hybridized carbons (Fsp3) is 1.00. The monoisotopic (exact) mass is 212 g/mol. The van der Waals surface area contributed by atoms with Gasteiger partial charge in [-0.2, -0.15) is 0 Å². The third-order valence-corrected chi connectivity index (χ3v) is 3.21. The van der Waals surface area contributed by atoms with Gasteiger partial charge in [-0.05, 0) is 25.2 Å². The highest BCUT2D eigenvalue weighted by molar-refractivity contribution is 6.21. The summed E-state index contributed by atoms with van der Waals surface area (Å²) in [7, 11) is 0. The molecule has 0 aliphatic rings. The number of hydrogen-bond donors (Lipinski definition) is 0. The zero-order valence-corrected chi connectivity index (χ0v) is 9.42. The molecule has 0 aliphatic carbocycles. The molecule has 0 spiro atoms. The SMILES string of the molecule is CCOCCCC(C)(CCl)CCl. The van der Waals surface area contributed by atoms with Crippen molar-refractivity contribution in [1.29, 1.82) is 0 Å². The van der Waals surface area contributed by atoms with Gasteiger partial charge in [0.1, 0.15) is 0 Å². The Balaban J connectivity index is 3.45. The minimum absolute atomic E-state index is 0.0835. The molecule has 0 aromatic rings. The average Bonchev–Trinajstić information content (AvgIpc) is 2.12. The fourth-order valence-corrected chi connectivity index (χ4v) is 1.47. The van der Waals surface area contributed by atoms with Crippen LogP contribution in [0.5, 0.6) is 0 Å². The first-order chi connectivity index (χ1) is 5.68. The molecule has 1 nitrogen and oxygen atoms in total. The van der Waals surface area contributed by atoms with Crippen molar-refractivity contribution in [2.45, 2.75) is 26.7 Å². The van der Waals surface area contributed by atoms with E-state index < -0.39 is 0 Å². The number of halogens is 2. The van der Waals surface area contributed by atoms with Crippen LogP contribution in [0.4, 0.5) is 0 Å². The van der Waals surface area contributed by atoms with Gasteiger partial charge in [-0.25, -0.2) is 0 Å². The molecule has 0 unspecified atom stereocenters. The fourth-order valence-electron chi connectivity index (χ4n) is 0.915. The first-order valence-corrected chi connectivity index (χ1v) is 5.45. The van der Waals surface area contributed by atoms with Crippen LogP contribution in [0.2, 0.25) is 0 Å². The molecule has 0 bridgehead atoms. The topological polar surface area (TPSA) is 9.23 Å². The highest BCUT2D eigenvalue weighted by atomic mass is 35.5. The third-order valence-electron chi connectivity index (χ3n) is 1.92. The molecular weight excluding hydrogens is 195 g/mol. The summed E-state index contributed by atoms with van der Waals surface area (Å²) in [5, 5.41) is 0. The molecule has 12 heavy (non-hydrogen) atoms. The van der Waals surface area contributed by atoms with Crippen LogP contribution in [0.25, 0.3) is 0 Å². The quantitative estimate of drug-likeness (QED) is 0.465. The van der Waals surface area contributed by atoms with Crippen molar-refractivity contribution in [2.75, 3.05) is 25.0 Å². The Kier molecular flexibility index (Phi) is 7.31. The highest BCUT2D eigenvalue weighted by Crippen LogP contribution is 2.26. The molecule has 0 aromatic heterocycles. The molecule has 0 aliphatic heterocycles. The lowest BCUT2D eigenvalue weighted by Gasteiger charge is -2.23. The Morgan fingerprint density at radius 3 is 2.25 bits per heavy atom. The van der Waals surface area contributed by atoms with Gasteiger partial charge in [0.2, 0.25) is 0 Å². The third kappa shape index (κ3) is 5.23. The Morgan fingerprint density at radius 2 is 1.83 bits per heavy atom. The summed E-state index contributed by atoms with van der Waals surface area (Å²) in [4.78, 5) is 0. The van der Waals surface area contributed by atoms with E-state index in [9.17, 15) is 0 Å². The van der Waals surface area contributed by atoms with E-state index in [-0.39, 0.29) is 5.41 Å². The van der Waals surface area contributed by atoms with Gasteiger partial charge in [-0.15, -0.1) is 23.2 Å². The Labute approximate surface area is 85.4 Å². The first kappa shape index (κ1) is 12.5. The van der Waals surface area contributed by atoms with E-state index in [0.717, 1.165) is 26.1 Å². The van der Waals surface area contributed by atoms with E-state index in [0.29, 0.717) is 11.8 Å². The van der Waals surface area contributed by atoms with E-state index in [4.69, 9.17) is 27.9 Å². The largest absolute Gasteiger partial charge is 0.382 e. The van der Waals surface area contributed by atoms with Crippen molar-refractivity contribution >= 4 is 23.2 Å². The zero-order chi connectivity index (χ0) is 9.45. The van der Waals surface area contributed by atoms with Gasteiger partial charge in [0, 0.05) is 25.0 Å². The number of rotatable bonds is 7. The lowest BCUT2D eigenvalue weighted by atomic mass is 9.90. The smallest absolute Gasteiger partial charge is 0.0466 e. The van der Waals surface area contributed by atoms with Crippen LogP contribution in [0.1, 0.15) is 26.7 Å². The molecule has 0 radical (unpaired) electrons. The summed E-state index contributed by atoms with van der Waals surface area (Å²) in [5.74, 6) is 1.26. The normalized spacial score (nSPS) is 12.0. The average molecular weight is 213 g/mol. The molecule has 0 fully saturated rings. The Morgan fingerprint density at radius 1 is 1.25 bits per heavy atom. The van der Waals surface area contributed by atoms with E-state index in [1.807, 2.05) is 6.92 Å². The molecule has 74 valence electrons. The summed E-state index contributed by atoms with van der Waals surface area (Å²) in [6, 6.07) is 0. The predicted octanol–water partition coefficient (Wildman–Crippen LogP) is 3.29. The lowest BCUT2D eigenvalue weighted by Crippen LogP contribution is -2.21. The van der Waals surface area contributed by atoms with Crippen molar-refractivity contribution in [3.63, 3.8) is 0 Å². The van der Waals surface area contributed by atoms with Gasteiger partial charge in [-0.1, -0.05) is 6.92 Å². The van der Waals surface area contributed by atoms with Gasteiger partial charge in [-0.3, -0.25) is 0 Å². The van der Waals surface area contributed by atoms with E-state index in [2.05, 4.69) is 6.92 Å². The zero-order valence-electron chi connectivity index (χ0n) is 7.91. The molecule has 0 N–H and O–H groups in total. The number of alkyl halides is 2. The van der Waals surface area contributed by atoms with Crippen molar-refractivity contribution in [2.24, 2.45) is 5.41 Å². The van der Waals surface area contributed by atoms with Crippen LogP contribution < -0.4 is 0 Å². The van der Waals surface area contributed by atoms with E-state index in [1.54, 1.807) is 0 Å². The molecule has 3 heteroatoms. The van der Waals surface area contributed by atoms with Crippen LogP contribution in [-0.4, -0.2) is 25.0 Å². The Bertz CT molecular complexity index is 103. The molecule has 0 saturated heterocycles. The summed E-state index contributed by atoms with van der Waals surface area (Å²) >= 11 is 11.6. The maximum Gasteiger partial charge on any atom is 0.0466 e. The van der Waals surface area contributed by atoms with E-state index in [1.165, 1.54) is 0 Å². The van der Waals surface area contributed by atoms with Crippen LogP contribution in [0.3, 0.4) is 0 Å². The molecule has 0 atom stereocenters. The maximum atomic E-state index is 5.80. The van der Waals surface area contributed by atoms with Crippen LogP contribution in [-0.2, 0) is 4.74 Å². The second kappa shape index (κ2) is 6.99. The summed E-state index contributed by atoms with van der Waals surface area (Å²) in [5.41, 5.74) is 0.0835. The van der Waals surface area contributed by atoms with Gasteiger partial charge in [0.05, 0.1) is 0 Å². The standard InChI is InChI=1S/C9H18Cl2O/c1-3-12-6-4-5-9(2,7-10)8-11/h3-8H2,1-2H3. The Hall–Kier alpha value is 0.540.